The summed E-state index contributed by atoms with van der Waals surface area (Å²) in [6.45, 7) is 3.70. The molecule has 1 aromatic heterocycles. The van der Waals surface area contributed by atoms with E-state index in [0.29, 0.717) is 16.5 Å². The molecule has 1 aliphatic heterocycles. The Bertz CT molecular complexity index is 921. The number of aliphatic carboxylic acids is 1. The fraction of sp³-hybridized carbons (Fsp3) is 0.421. The molecule has 0 amide bonds. The summed E-state index contributed by atoms with van der Waals surface area (Å²) in [5, 5.41) is 28.1. The van der Waals surface area contributed by atoms with Crippen molar-refractivity contribution in [3.8, 4) is 0 Å². The van der Waals surface area contributed by atoms with Crippen LogP contribution in [0.25, 0.3) is 6.08 Å². The Morgan fingerprint density at radius 3 is 2.79 bits per heavy atom. The molecule has 1 fully saturated rings. The van der Waals surface area contributed by atoms with Crippen molar-refractivity contribution in [1.29, 1.82) is 0 Å². The minimum Gasteiger partial charge on any atom is -0.477 e. The second kappa shape index (κ2) is 9.55. The van der Waals surface area contributed by atoms with Crippen LogP contribution in [0.4, 0.5) is 11.4 Å². The van der Waals surface area contributed by atoms with E-state index in [-0.39, 0.29) is 10.6 Å². The Morgan fingerprint density at radius 2 is 2.14 bits per heavy atom. The van der Waals surface area contributed by atoms with Crippen LogP contribution in [0, 0.1) is 10.1 Å². The fourth-order valence-electron chi connectivity index (χ4n) is 3.24. The van der Waals surface area contributed by atoms with Gasteiger partial charge in [-0.15, -0.1) is 5.10 Å². The molecule has 1 aromatic carbocycles. The third-order valence-electron chi connectivity index (χ3n) is 4.62. The van der Waals surface area contributed by atoms with Crippen molar-refractivity contribution in [3.05, 3.63) is 44.6 Å². The fourth-order valence-corrected chi connectivity index (χ4v) is 3.96. The number of nitro groups is 1. The number of carboxylic acids is 1. The summed E-state index contributed by atoms with van der Waals surface area (Å²) in [6.07, 6.45) is 6.32. The minimum absolute atomic E-state index is 0.00538. The van der Waals surface area contributed by atoms with E-state index in [4.69, 9.17) is 0 Å². The van der Waals surface area contributed by atoms with Crippen molar-refractivity contribution in [3.63, 3.8) is 0 Å². The van der Waals surface area contributed by atoms with E-state index in [1.165, 1.54) is 18.2 Å². The first-order valence-corrected chi connectivity index (χ1v) is 10.4. The van der Waals surface area contributed by atoms with Crippen LogP contribution in [-0.2, 0) is 11.2 Å². The van der Waals surface area contributed by atoms with Crippen molar-refractivity contribution in [1.82, 2.24) is 15.2 Å². The third-order valence-corrected chi connectivity index (χ3v) is 5.49. The maximum atomic E-state index is 11.8. The average molecular weight is 417 g/mol. The summed E-state index contributed by atoms with van der Waals surface area (Å²) in [4.78, 5) is 29.1. The number of aryl methyl sites for hydroxylation is 1. The molecule has 154 valence electrons. The predicted molar refractivity (Wildman–Crippen MR) is 111 cm³/mol. The number of benzene rings is 1. The first-order valence-electron chi connectivity index (χ1n) is 9.55. The highest BCUT2D eigenvalue weighted by Crippen LogP contribution is 2.33. The Morgan fingerprint density at radius 1 is 1.38 bits per heavy atom. The van der Waals surface area contributed by atoms with Gasteiger partial charge in [0.15, 0.2) is 0 Å². The van der Waals surface area contributed by atoms with Crippen LogP contribution in [0.3, 0.4) is 0 Å². The van der Waals surface area contributed by atoms with Crippen LogP contribution in [0.5, 0.6) is 0 Å². The maximum absolute atomic E-state index is 11.8. The molecule has 0 spiro atoms. The predicted octanol–water partition coefficient (Wildman–Crippen LogP) is 3.87. The second-order valence-corrected chi connectivity index (χ2v) is 7.79. The zero-order valence-corrected chi connectivity index (χ0v) is 16.9. The number of non-ortho nitro benzene ring substituents is 1. The molecule has 1 saturated heterocycles. The van der Waals surface area contributed by atoms with Crippen LogP contribution >= 0.6 is 11.8 Å². The molecule has 0 atom stereocenters. The number of carboxylic acid groups (broad SMARTS) is 1. The van der Waals surface area contributed by atoms with Crippen LogP contribution < -0.4 is 4.90 Å². The lowest BCUT2D eigenvalue weighted by atomic mass is 10.1. The molecule has 2 heterocycles. The molecule has 2 aromatic rings. The second-order valence-electron chi connectivity index (χ2n) is 6.78. The van der Waals surface area contributed by atoms with E-state index in [1.807, 2.05) is 6.92 Å². The topological polar surface area (TPSA) is 125 Å². The van der Waals surface area contributed by atoms with Crippen molar-refractivity contribution < 1.29 is 14.8 Å². The summed E-state index contributed by atoms with van der Waals surface area (Å²) in [6, 6.07) is 4.58. The van der Waals surface area contributed by atoms with E-state index in [2.05, 4.69) is 20.1 Å². The van der Waals surface area contributed by atoms with Crippen molar-refractivity contribution in [2.75, 3.05) is 18.0 Å². The van der Waals surface area contributed by atoms with E-state index < -0.39 is 10.9 Å². The maximum Gasteiger partial charge on any atom is 0.342 e. The molecule has 0 bridgehead atoms. The van der Waals surface area contributed by atoms with E-state index in [0.717, 1.165) is 62.6 Å². The monoisotopic (exact) mass is 417 g/mol. The molecule has 1 aliphatic rings. The van der Waals surface area contributed by atoms with E-state index >= 15 is 0 Å². The van der Waals surface area contributed by atoms with Gasteiger partial charge in [0.25, 0.3) is 5.69 Å². The summed E-state index contributed by atoms with van der Waals surface area (Å²) in [7, 11) is 0. The van der Waals surface area contributed by atoms with Gasteiger partial charge in [-0.05, 0) is 49.6 Å². The van der Waals surface area contributed by atoms with Crippen LogP contribution in [0.1, 0.15) is 44.0 Å². The lowest BCUT2D eigenvalue weighted by molar-refractivity contribution is -0.384. The van der Waals surface area contributed by atoms with Gasteiger partial charge in [0, 0.05) is 42.9 Å². The summed E-state index contributed by atoms with van der Waals surface area (Å²) in [5.74, 6) is -0.433. The van der Waals surface area contributed by atoms with Crippen molar-refractivity contribution in [2.24, 2.45) is 0 Å². The molecule has 0 saturated carbocycles. The largest absolute Gasteiger partial charge is 0.477 e. The van der Waals surface area contributed by atoms with Gasteiger partial charge in [-0.3, -0.25) is 15.2 Å². The third kappa shape index (κ3) is 5.35. The average Bonchev–Trinajstić information content (AvgIpc) is 3.15. The molecular weight excluding hydrogens is 394 g/mol. The van der Waals surface area contributed by atoms with Gasteiger partial charge in [-0.25, -0.2) is 9.78 Å². The zero-order chi connectivity index (χ0) is 20.8. The van der Waals surface area contributed by atoms with Crippen LogP contribution in [-0.4, -0.2) is 44.3 Å². The molecule has 3 rings (SSSR count). The first kappa shape index (κ1) is 20.8. The number of aromatic amines is 1. The number of aromatic nitrogens is 3. The van der Waals surface area contributed by atoms with Crippen molar-refractivity contribution in [2.45, 2.75) is 44.2 Å². The van der Waals surface area contributed by atoms with Gasteiger partial charge < -0.3 is 10.0 Å². The number of anilines is 1. The van der Waals surface area contributed by atoms with E-state index in [1.54, 1.807) is 6.07 Å². The molecule has 0 unspecified atom stereocenters. The number of thioether (sulfide) groups is 1. The molecule has 0 aliphatic carbocycles. The van der Waals surface area contributed by atoms with Gasteiger partial charge in [0.2, 0.25) is 5.16 Å². The Balaban J connectivity index is 1.96. The summed E-state index contributed by atoms with van der Waals surface area (Å²) >= 11 is 0.928. The molecule has 0 radical (unpaired) electrons. The zero-order valence-electron chi connectivity index (χ0n) is 16.1. The number of nitrogens with zero attached hydrogens (tertiary/aromatic N) is 4. The summed E-state index contributed by atoms with van der Waals surface area (Å²) < 4.78 is 0. The quantitative estimate of drug-likeness (QED) is 0.287. The van der Waals surface area contributed by atoms with Crippen LogP contribution in [0.2, 0.25) is 0 Å². The van der Waals surface area contributed by atoms with Gasteiger partial charge in [-0.2, -0.15) is 0 Å². The lowest BCUT2D eigenvalue weighted by Crippen LogP contribution is -2.29. The van der Waals surface area contributed by atoms with Gasteiger partial charge in [-0.1, -0.05) is 6.92 Å². The number of H-pyrrole nitrogens is 1. The van der Waals surface area contributed by atoms with Gasteiger partial charge in [0.05, 0.1) is 4.92 Å². The number of rotatable bonds is 8. The minimum atomic E-state index is -1.13. The summed E-state index contributed by atoms with van der Waals surface area (Å²) in [5.41, 5.74) is 1.24. The lowest BCUT2D eigenvalue weighted by Gasteiger charge is -2.30. The number of nitrogens with one attached hydrogen (secondary N) is 1. The van der Waals surface area contributed by atoms with Crippen molar-refractivity contribution >= 4 is 35.2 Å². The molecule has 10 heteroatoms. The number of hydrogen-bond acceptors (Lipinski definition) is 7. The van der Waals surface area contributed by atoms with Gasteiger partial charge >= 0.3 is 5.97 Å². The molecule has 29 heavy (non-hydrogen) atoms. The highest BCUT2D eigenvalue weighted by molar-refractivity contribution is 8.04. The highest BCUT2D eigenvalue weighted by atomic mass is 32.2. The van der Waals surface area contributed by atoms with E-state index in [9.17, 15) is 20.0 Å². The first-order chi connectivity index (χ1) is 14.0. The van der Waals surface area contributed by atoms with Gasteiger partial charge in [0.1, 0.15) is 10.7 Å². The Kier molecular flexibility index (Phi) is 6.86. The number of carbonyl (C=O) groups is 1. The molecule has 2 N–H and O–H groups in total. The number of nitro benzene ring substituents is 1. The number of hydrogen-bond donors (Lipinski definition) is 2. The number of piperidine rings is 1. The Labute approximate surface area is 172 Å². The smallest absolute Gasteiger partial charge is 0.342 e. The standard InChI is InChI=1S/C19H23N5O4S/c1-2-6-17-20-19(22-21-17)29-16(18(25)26)12-13-11-14(24(27)28)7-8-15(13)23-9-4-3-5-10-23/h7-8,11-12H,2-6,9-10H2,1H3,(H,25,26)(H,20,21,22)/b16-12+. The highest BCUT2D eigenvalue weighted by Gasteiger charge is 2.20. The molecule has 9 nitrogen and oxygen atoms in total. The normalized spacial score (nSPS) is 14.8. The van der Waals surface area contributed by atoms with Crippen LogP contribution in [0.15, 0.2) is 28.3 Å². The molecular formula is C19H23N5O4S. The SMILES string of the molecule is CCCc1nc(S/C(=C/c2cc([N+](=O)[O-])ccc2N2CCCCC2)C(=O)O)n[nH]1. The Hall–Kier alpha value is -2.88.